The Labute approximate surface area is 111 Å². The second-order valence-corrected chi connectivity index (χ2v) is 4.42. The molecule has 1 aromatic rings. The third-order valence-corrected chi connectivity index (χ3v) is 3.19. The van der Waals surface area contributed by atoms with Gasteiger partial charge in [0, 0.05) is 31.9 Å². The zero-order valence-electron chi connectivity index (χ0n) is 10.6. The third-order valence-electron chi connectivity index (χ3n) is 3.19. The number of hydroxylamine groups is 1. The number of para-hydroxylation sites is 1. The van der Waals surface area contributed by atoms with Crippen molar-refractivity contribution in [3.63, 3.8) is 0 Å². The fourth-order valence-electron chi connectivity index (χ4n) is 2.14. The van der Waals surface area contributed by atoms with Gasteiger partial charge in [0.1, 0.15) is 6.42 Å². The standard InChI is InChI=1S/C13H17N3O3/c17-12(14-19)10-13(18)16-8-6-15(7-9-16)11-4-2-1-3-5-11/h1-5,19H,6-10H2,(H,14,17). The van der Waals surface area contributed by atoms with Gasteiger partial charge >= 0.3 is 0 Å². The minimum absolute atomic E-state index is 0.251. The maximum atomic E-state index is 11.7. The maximum absolute atomic E-state index is 11.7. The number of anilines is 1. The lowest BCUT2D eigenvalue weighted by Crippen LogP contribution is -2.49. The van der Waals surface area contributed by atoms with E-state index in [1.807, 2.05) is 30.3 Å². The number of nitrogens with one attached hydrogen (secondary N) is 1. The van der Waals surface area contributed by atoms with E-state index in [-0.39, 0.29) is 12.3 Å². The molecule has 0 saturated carbocycles. The molecule has 0 aliphatic carbocycles. The van der Waals surface area contributed by atoms with Crippen molar-refractivity contribution < 1.29 is 14.8 Å². The van der Waals surface area contributed by atoms with Gasteiger partial charge in [-0.1, -0.05) is 18.2 Å². The van der Waals surface area contributed by atoms with Gasteiger partial charge in [-0.05, 0) is 12.1 Å². The topological polar surface area (TPSA) is 72.9 Å². The summed E-state index contributed by atoms with van der Waals surface area (Å²) in [6.45, 7) is 2.67. The van der Waals surface area contributed by atoms with E-state index < -0.39 is 5.91 Å². The second kappa shape index (κ2) is 6.19. The molecule has 0 atom stereocenters. The maximum Gasteiger partial charge on any atom is 0.252 e. The predicted molar refractivity (Wildman–Crippen MR) is 69.8 cm³/mol. The van der Waals surface area contributed by atoms with Gasteiger partial charge < -0.3 is 9.80 Å². The van der Waals surface area contributed by atoms with E-state index >= 15 is 0 Å². The molecular formula is C13H17N3O3. The summed E-state index contributed by atoms with van der Waals surface area (Å²) in [5.41, 5.74) is 2.61. The number of benzene rings is 1. The molecule has 102 valence electrons. The first-order valence-electron chi connectivity index (χ1n) is 6.21. The van der Waals surface area contributed by atoms with Crippen molar-refractivity contribution in [3.8, 4) is 0 Å². The smallest absolute Gasteiger partial charge is 0.252 e. The van der Waals surface area contributed by atoms with E-state index in [1.165, 1.54) is 5.48 Å². The van der Waals surface area contributed by atoms with Gasteiger partial charge in [0.15, 0.2) is 0 Å². The van der Waals surface area contributed by atoms with Crippen molar-refractivity contribution in [2.45, 2.75) is 6.42 Å². The van der Waals surface area contributed by atoms with E-state index in [0.717, 1.165) is 18.8 Å². The molecule has 19 heavy (non-hydrogen) atoms. The summed E-state index contributed by atoms with van der Waals surface area (Å²) in [7, 11) is 0. The Kier molecular flexibility index (Phi) is 4.35. The highest BCUT2D eigenvalue weighted by Gasteiger charge is 2.22. The Bertz CT molecular complexity index is 442. The Morgan fingerprint density at radius 3 is 2.32 bits per heavy atom. The van der Waals surface area contributed by atoms with Crippen molar-refractivity contribution in [1.29, 1.82) is 0 Å². The SMILES string of the molecule is O=C(CC(=O)N1CCN(c2ccccc2)CC1)NO. The molecule has 0 aromatic heterocycles. The zero-order valence-corrected chi connectivity index (χ0v) is 10.6. The number of nitrogens with zero attached hydrogens (tertiary/aromatic N) is 2. The van der Waals surface area contributed by atoms with Crippen molar-refractivity contribution in [1.82, 2.24) is 10.4 Å². The van der Waals surface area contributed by atoms with Crippen molar-refractivity contribution in [2.75, 3.05) is 31.1 Å². The van der Waals surface area contributed by atoms with Crippen LogP contribution in [0.2, 0.25) is 0 Å². The van der Waals surface area contributed by atoms with Crippen LogP contribution >= 0.6 is 0 Å². The molecular weight excluding hydrogens is 246 g/mol. The fraction of sp³-hybridized carbons (Fsp3) is 0.385. The fourth-order valence-corrected chi connectivity index (χ4v) is 2.14. The number of hydrogen-bond donors (Lipinski definition) is 2. The van der Waals surface area contributed by atoms with Gasteiger partial charge in [0.25, 0.3) is 5.91 Å². The largest absolute Gasteiger partial charge is 0.368 e. The van der Waals surface area contributed by atoms with E-state index in [4.69, 9.17) is 5.21 Å². The molecule has 1 aliphatic heterocycles. The molecule has 2 N–H and O–H groups in total. The molecule has 2 amide bonds. The molecule has 1 fully saturated rings. The number of rotatable bonds is 3. The van der Waals surface area contributed by atoms with E-state index in [0.29, 0.717) is 13.1 Å². The van der Waals surface area contributed by atoms with Crippen LogP contribution in [0.3, 0.4) is 0 Å². The second-order valence-electron chi connectivity index (χ2n) is 4.42. The number of amides is 2. The van der Waals surface area contributed by atoms with Gasteiger partial charge in [0.2, 0.25) is 5.91 Å². The average Bonchev–Trinajstić information content (AvgIpc) is 2.48. The van der Waals surface area contributed by atoms with Crippen molar-refractivity contribution >= 4 is 17.5 Å². The molecule has 0 bridgehead atoms. The molecule has 0 spiro atoms. The summed E-state index contributed by atoms with van der Waals surface area (Å²) >= 11 is 0. The summed E-state index contributed by atoms with van der Waals surface area (Å²) in [5, 5.41) is 8.39. The molecule has 0 radical (unpaired) electrons. The number of carbonyl (C=O) groups excluding carboxylic acids is 2. The highest BCUT2D eigenvalue weighted by Crippen LogP contribution is 2.15. The van der Waals surface area contributed by atoms with Crippen LogP contribution in [0.1, 0.15) is 6.42 Å². The van der Waals surface area contributed by atoms with Crippen LogP contribution in [0, 0.1) is 0 Å². The van der Waals surface area contributed by atoms with Crippen molar-refractivity contribution in [3.05, 3.63) is 30.3 Å². The van der Waals surface area contributed by atoms with E-state index in [9.17, 15) is 9.59 Å². The average molecular weight is 263 g/mol. The van der Waals surface area contributed by atoms with Gasteiger partial charge in [-0.2, -0.15) is 0 Å². The Morgan fingerprint density at radius 2 is 1.74 bits per heavy atom. The quantitative estimate of drug-likeness (QED) is 0.465. The Balaban J connectivity index is 1.86. The van der Waals surface area contributed by atoms with E-state index in [2.05, 4.69) is 4.90 Å². The van der Waals surface area contributed by atoms with Crippen LogP contribution in [0.4, 0.5) is 5.69 Å². The number of carbonyl (C=O) groups is 2. The highest BCUT2D eigenvalue weighted by atomic mass is 16.5. The summed E-state index contributed by atoms with van der Waals surface area (Å²) in [6.07, 6.45) is -0.304. The Hall–Kier alpha value is -2.08. The molecule has 6 heteroatoms. The van der Waals surface area contributed by atoms with Gasteiger partial charge in [0.05, 0.1) is 0 Å². The van der Waals surface area contributed by atoms with Crippen LogP contribution in [0.15, 0.2) is 30.3 Å². The van der Waals surface area contributed by atoms with Crippen LogP contribution < -0.4 is 10.4 Å². The van der Waals surface area contributed by atoms with Crippen molar-refractivity contribution in [2.24, 2.45) is 0 Å². The van der Waals surface area contributed by atoms with Gasteiger partial charge in [-0.25, -0.2) is 5.48 Å². The molecule has 1 aliphatic rings. The highest BCUT2D eigenvalue weighted by molar-refractivity contribution is 5.96. The van der Waals surface area contributed by atoms with Crippen LogP contribution in [-0.4, -0.2) is 48.1 Å². The van der Waals surface area contributed by atoms with Crippen LogP contribution in [0.5, 0.6) is 0 Å². The summed E-state index contributed by atoms with van der Waals surface area (Å²) < 4.78 is 0. The molecule has 1 aromatic carbocycles. The third kappa shape index (κ3) is 3.45. The first-order valence-corrected chi connectivity index (χ1v) is 6.21. The minimum atomic E-state index is -0.671. The number of piperazine rings is 1. The number of hydrogen-bond acceptors (Lipinski definition) is 4. The molecule has 1 heterocycles. The molecule has 1 saturated heterocycles. The lowest BCUT2D eigenvalue weighted by molar-refractivity contribution is -0.139. The summed E-state index contributed by atoms with van der Waals surface area (Å²) in [4.78, 5) is 26.5. The molecule has 2 rings (SSSR count). The predicted octanol–water partition coefficient (Wildman–Crippen LogP) is 0.231. The van der Waals surface area contributed by atoms with Crippen LogP contribution in [0.25, 0.3) is 0 Å². The first-order chi connectivity index (χ1) is 9.20. The normalized spacial score (nSPS) is 15.2. The summed E-state index contributed by atoms with van der Waals surface area (Å²) in [6, 6.07) is 10.0. The minimum Gasteiger partial charge on any atom is -0.368 e. The van der Waals surface area contributed by atoms with E-state index in [1.54, 1.807) is 4.90 Å². The lowest BCUT2D eigenvalue weighted by atomic mass is 10.2. The molecule has 0 unspecified atom stereocenters. The first kappa shape index (κ1) is 13.4. The molecule has 6 nitrogen and oxygen atoms in total. The van der Waals surface area contributed by atoms with Gasteiger partial charge in [-0.3, -0.25) is 14.8 Å². The summed E-state index contributed by atoms with van der Waals surface area (Å²) in [5.74, 6) is -0.922. The zero-order chi connectivity index (χ0) is 13.7. The van der Waals surface area contributed by atoms with Gasteiger partial charge in [-0.15, -0.1) is 0 Å². The Morgan fingerprint density at radius 1 is 1.11 bits per heavy atom. The monoisotopic (exact) mass is 263 g/mol. The lowest BCUT2D eigenvalue weighted by Gasteiger charge is -2.36. The van der Waals surface area contributed by atoms with Crippen LogP contribution in [-0.2, 0) is 9.59 Å².